The van der Waals surface area contributed by atoms with E-state index in [1.165, 1.54) is 24.3 Å². The van der Waals surface area contributed by atoms with Crippen LogP contribution in [0.1, 0.15) is 101 Å². The number of Topliss-reactive ketones (excluding diaryl/α,β-unsaturated/α-hetero) is 2. The van der Waals surface area contributed by atoms with Crippen molar-refractivity contribution in [3.8, 4) is 0 Å². The van der Waals surface area contributed by atoms with Crippen LogP contribution in [0, 0.1) is 0 Å². The van der Waals surface area contributed by atoms with Gasteiger partial charge in [0.25, 0.3) is 17.4 Å². The zero-order valence-electron chi connectivity index (χ0n) is 27.3. The molecule has 0 radical (unpaired) electrons. The highest BCUT2D eigenvalue weighted by Crippen LogP contribution is 2.57. The van der Waals surface area contributed by atoms with Gasteiger partial charge in [-0.15, -0.1) is 0 Å². The third-order valence-corrected chi connectivity index (χ3v) is 10.6. The highest BCUT2D eigenvalue weighted by Gasteiger charge is 2.73. The number of hydrogen-bond acceptors (Lipinski definition) is 6. The lowest BCUT2D eigenvalue weighted by Gasteiger charge is -2.38. The highest BCUT2D eigenvalue weighted by atomic mass is 19.4. The van der Waals surface area contributed by atoms with Crippen LogP contribution < -0.4 is 10.5 Å². The average molecular weight is 730 g/mol. The van der Waals surface area contributed by atoms with Gasteiger partial charge in [-0.3, -0.25) is 24.0 Å². The third kappa shape index (κ3) is 4.98. The Bertz CT molecular complexity index is 2450. The summed E-state index contributed by atoms with van der Waals surface area (Å²) in [6, 6.07) is 15.7. The van der Waals surface area contributed by atoms with Gasteiger partial charge in [-0.2, -0.15) is 26.3 Å². The van der Waals surface area contributed by atoms with Crippen LogP contribution in [-0.4, -0.2) is 45.7 Å². The number of nitrogens with one attached hydrogen (secondary N) is 1. The molecule has 0 saturated heterocycles. The molecule has 0 spiro atoms. The zero-order valence-corrected chi connectivity index (χ0v) is 27.3. The van der Waals surface area contributed by atoms with Crippen molar-refractivity contribution in [3.05, 3.63) is 140 Å². The molecular weight excluding hydrogens is 704 g/mol. The number of fused-ring (bicyclic) bond motifs is 3. The maximum atomic E-state index is 15.3. The molecule has 1 fully saturated rings. The summed E-state index contributed by atoms with van der Waals surface area (Å²) < 4.78 is 91.5. The molecule has 1 atom stereocenters. The smallest absolute Gasteiger partial charge is 0.309 e. The van der Waals surface area contributed by atoms with E-state index < -0.39 is 86.3 Å². The maximum Gasteiger partial charge on any atom is 0.411 e. The molecule has 2 heterocycles. The van der Waals surface area contributed by atoms with E-state index in [1.807, 2.05) is 0 Å². The molecule has 5 aromatic rings. The number of rotatable bonds is 5. The van der Waals surface area contributed by atoms with Crippen LogP contribution in [0.5, 0.6) is 0 Å². The Kier molecular flexibility index (Phi) is 7.61. The molecule has 2 amide bonds. The minimum absolute atomic E-state index is 0.107. The monoisotopic (exact) mass is 729 g/mol. The van der Waals surface area contributed by atoms with Crippen molar-refractivity contribution in [3.63, 3.8) is 0 Å². The maximum absolute atomic E-state index is 15.3. The van der Waals surface area contributed by atoms with Crippen molar-refractivity contribution < 1.29 is 45.5 Å². The van der Waals surface area contributed by atoms with Gasteiger partial charge in [0, 0.05) is 11.1 Å². The first-order chi connectivity index (χ1) is 25.1. The second-order valence-electron chi connectivity index (χ2n) is 13.4. The number of carbonyl (C=O) groups excluding carboxylic acids is 4. The summed E-state index contributed by atoms with van der Waals surface area (Å²) in [5.74, 6) is -6.09. The number of imide groups is 1. The number of para-hydroxylation sites is 1. The molecule has 1 unspecified atom stereocenters. The summed E-state index contributed by atoms with van der Waals surface area (Å²) in [6.07, 6.45) is -8.15. The first-order valence-corrected chi connectivity index (χ1v) is 16.6. The summed E-state index contributed by atoms with van der Waals surface area (Å²) in [4.78, 5) is 73.9. The molecule has 1 N–H and O–H groups in total. The fraction of sp³-hybridized carbons (Fsp3) is 0.231. The van der Waals surface area contributed by atoms with Crippen molar-refractivity contribution in [1.82, 2.24) is 9.97 Å². The van der Waals surface area contributed by atoms with Crippen LogP contribution in [0.3, 0.4) is 0 Å². The van der Waals surface area contributed by atoms with Crippen LogP contribution in [0.15, 0.2) is 89.7 Å². The normalized spacial score (nSPS) is 18.0. The Labute approximate surface area is 295 Å². The summed E-state index contributed by atoms with van der Waals surface area (Å²) in [5, 5.41) is 0.129. The van der Waals surface area contributed by atoms with Crippen LogP contribution in [0.25, 0.3) is 10.9 Å². The Hall–Kier alpha value is -5.92. The first-order valence-electron chi connectivity index (χ1n) is 16.6. The standard InChI is InChI=1S/C39H25F6N3O5/c40-38(41,42)37(39(43,44)45,21-11-15-24-27(17-21)32(50)30(31(24)49)33-46-29-8-4-3-7-26(29)34(51)47-33)22-12-16-25-28(18-22)36(53)48(35(25)52)23-13-9-20(10-14-23)19-5-1-2-6-19/h3-4,7-19,30H,1-2,5-6H2,(H,46,47,51). The molecule has 1 aliphatic heterocycles. The Balaban J connectivity index is 1.21. The van der Waals surface area contributed by atoms with E-state index >= 15 is 26.3 Å². The van der Waals surface area contributed by atoms with Crippen molar-refractivity contribution in [1.29, 1.82) is 0 Å². The van der Waals surface area contributed by atoms with E-state index in [1.54, 1.807) is 24.3 Å². The SMILES string of the molecule is O=C1c2ccc(C(c3ccc4c(c3)C(=O)N(c3ccc(C5CCCC5)cc3)C4=O)(C(F)(F)F)C(F)(F)F)cc2C(=O)C1c1nc2ccccc2c(=O)[nH]1. The molecule has 14 heteroatoms. The average Bonchev–Trinajstić information content (AvgIpc) is 3.80. The minimum Gasteiger partial charge on any atom is -0.309 e. The molecule has 4 aromatic carbocycles. The lowest BCUT2D eigenvalue weighted by atomic mass is 9.71. The van der Waals surface area contributed by atoms with Crippen LogP contribution in [0.4, 0.5) is 32.0 Å². The summed E-state index contributed by atoms with van der Waals surface area (Å²) in [7, 11) is 0. The van der Waals surface area contributed by atoms with E-state index in [0.29, 0.717) is 41.1 Å². The molecule has 8 nitrogen and oxygen atoms in total. The molecule has 3 aliphatic rings. The molecule has 1 saturated carbocycles. The Morgan fingerprint density at radius 3 is 1.85 bits per heavy atom. The van der Waals surface area contributed by atoms with E-state index in [0.717, 1.165) is 37.3 Å². The topological polar surface area (TPSA) is 117 Å². The second kappa shape index (κ2) is 11.8. The molecule has 0 bridgehead atoms. The van der Waals surface area contributed by atoms with Crippen LogP contribution in [0.2, 0.25) is 0 Å². The van der Waals surface area contributed by atoms with Gasteiger partial charge in [0.15, 0.2) is 11.6 Å². The van der Waals surface area contributed by atoms with E-state index in [9.17, 15) is 24.0 Å². The quantitative estimate of drug-likeness (QED) is 0.112. The summed E-state index contributed by atoms with van der Waals surface area (Å²) in [6.45, 7) is 0. The molecule has 53 heavy (non-hydrogen) atoms. The third-order valence-electron chi connectivity index (χ3n) is 10.6. The Morgan fingerprint density at radius 1 is 0.642 bits per heavy atom. The van der Waals surface area contributed by atoms with Gasteiger partial charge in [-0.1, -0.05) is 55.3 Å². The van der Waals surface area contributed by atoms with E-state index in [2.05, 4.69) is 9.97 Å². The summed E-state index contributed by atoms with van der Waals surface area (Å²) >= 11 is 0. The van der Waals surface area contributed by atoms with E-state index in [-0.39, 0.29) is 22.2 Å². The number of alkyl halides is 6. The van der Waals surface area contributed by atoms with Gasteiger partial charge in [-0.05, 0) is 77.9 Å². The largest absolute Gasteiger partial charge is 0.411 e. The lowest BCUT2D eigenvalue weighted by Crippen LogP contribution is -2.55. The number of nitrogens with zero attached hydrogens (tertiary/aromatic N) is 2. The van der Waals surface area contributed by atoms with E-state index in [4.69, 9.17) is 0 Å². The number of aromatic nitrogens is 2. The number of anilines is 1. The van der Waals surface area contributed by atoms with Gasteiger partial charge in [-0.25, -0.2) is 9.88 Å². The predicted octanol–water partition coefficient (Wildman–Crippen LogP) is 7.95. The van der Waals surface area contributed by atoms with Gasteiger partial charge >= 0.3 is 12.4 Å². The van der Waals surface area contributed by atoms with Crippen molar-refractivity contribution in [2.75, 3.05) is 4.90 Å². The summed E-state index contributed by atoms with van der Waals surface area (Å²) in [5.41, 5.74) is -9.42. The number of aromatic amines is 1. The van der Waals surface area contributed by atoms with Crippen molar-refractivity contribution in [2.45, 2.75) is 55.3 Å². The first kappa shape index (κ1) is 34.2. The number of H-pyrrole nitrogens is 1. The van der Waals surface area contributed by atoms with Crippen molar-refractivity contribution in [2.24, 2.45) is 0 Å². The number of hydrogen-bond donors (Lipinski definition) is 1. The molecule has 1 aromatic heterocycles. The molecular formula is C39H25F6N3O5. The Morgan fingerprint density at radius 2 is 1.21 bits per heavy atom. The van der Waals surface area contributed by atoms with Gasteiger partial charge < -0.3 is 4.98 Å². The molecule has 2 aliphatic carbocycles. The molecule has 8 rings (SSSR count). The second-order valence-corrected chi connectivity index (χ2v) is 13.4. The van der Waals surface area contributed by atoms with Gasteiger partial charge in [0.2, 0.25) is 5.41 Å². The van der Waals surface area contributed by atoms with Crippen LogP contribution >= 0.6 is 0 Å². The minimum atomic E-state index is -6.12. The number of halogens is 6. The fourth-order valence-corrected chi connectivity index (χ4v) is 7.96. The van der Waals surface area contributed by atoms with Crippen molar-refractivity contribution >= 4 is 40.0 Å². The van der Waals surface area contributed by atoms with Gasteiger partial charge in [0.05, 0.1) is 27.7 Å². The number of ketones is 2. The van der Waals surface area contributed by atoms with Crippen LogP contribution in [-0.2, 0) is 5.41 Å². The highest BCUT2D eigenvalue weighted by molar-refractivity contribution is 6.34. The number of benzene rings is 4. The molecule has 268 valence electrons. The lowest BCUT2D eigenvalue weighted by molar-refractivity contribution is -0.288. The number of carbonyl (C=O) groups is 4. The van der Waals surface area contributed by atoms with Gasteiger partial charge in [0.1, 0.15) is 11.7 Å². The zero-order chi connectivity index (χ0) is 37.6. The predicted molar refractivity (Wildman–Crippen MR) is 178 cm³/mol. The number of amides is 2. The fourth-order valence-electron chi connectivity index (χ4n) is 7.96.